The number of rotatable bonds is 13. The summed E-state index contributed by atoms with van der Waals surface area (Å²) in [6.07, 6.45) is 18.3. The van der Waals surface area contributed by atoms with Crippen LogP contribution in [-0.2, 0) is 0 Å². The van der Waals surface area contributed by atoms with Crippen LogP contribution in [0.4, 0.5) is 0 Å². The van der Waals surface area contributed by atoms with Crippen LogP contribution in [-0.4, -0.2) is 0 Å². The molecule has 0 spiro atoms. The normalized spacial score (nSPS) is 15.7. The van der Waals surface area contributed by atoms with E-state index in [1.54, 1.807) is 0 Å². The van der Waals surface area contributed by atoms with Gasteiger partial charge in [-0.05, 0) is 84.0 Å². The Bertz CT molecular complexity index is 468. The average molecular weight is 343 g/mol. The first-order valence-corrected chi connectivity index (χ1v) is 10.0. The second-order valence-corrected chi connectivity index (χ2v) is 8.01. The van der Waals surface area contributed by atoms with E-state index in [0.717, 1.165) is 18.8 Å². The first-order valence-electron chi connectivity index (χ1n) is 10.0. The molecule has 0 amide bonds. The van der Waals surface area contributed by atoms with Gasteiger partial charge in [-0.15, -0.1) is 6.58 Å². The third-order valence-corrected chi connectivity index (χ3v) is 4.99. The Morgan fingerprint density at radius 2 is 1.76 bits per heavy atom. The highest BCUT2D eigenvalue weighted by molar-refractivity contribution is 5.18. The highest BCUT2D eigenvalue weighted by Gasteiger charge is 2.17. The lowest BCUT2D eigenvalue weighted by Gasteiger charge is -2.24. The van der Waals surface area contributed by atoms with E-state index in [1.165, 1.54) is 42.4 Å². The molecule has 0 heteroatoms. The van der Waals surface area contributed by atoms with Crippen molar-refractivity contribution >= 4 is 0 Å². The number of hydrogen-bond acceptors (Lipinski definition) is 0. The minimum atomic E-state index is 0.607. The molecule has 142 valence electrons. The SMILES string of the molecule is C=CC(C)CCC(C/C=C(\C)CC/C=C/C)C(C)CC(=C)C=C(C)C. The summed E-state index contributed by atoms with van der Waals surface area (Å²) in [5, 5.41) is 0. The van der Waals surface area contributed by atoms with E-state index < -0.39 is 0 Å². The van der Waals surface area contributed by atoms with Gasteiger partial charge in [0.25, 0.3) is 0 Å². The highest BCUT2D eigenvalue weighted by atomic mass is 14.2. The first kappa shape index (κ1) is 23.7. The van der Waals surface area contributed by atoms with Gasteiger partial charge in [0.15, 0.2) is 0 Å². The Morgan fingerprint density at radius 3 is 2.32 bits per heavy atom. The van der Waals surface area contributed by atoms with Crippen molar-refractivity contribution in [1.29, 1.82) is 0 Å². The van der Waals surface area contributed by atoms with Crippen LogP contribution in [0.3, 0.4) is 0 Å². The summed E-state index contributed by atoms with van der Waals surface area (Å²) in [6, 6.07) is 0. The van der Waals surface area contributed by atoms with E-state index in [4.69, 9.17) is 0 Å². The van der Waals surface area contributed by atoms with Crippen LogP contribution in [0.25, 0.3) is 0 Å². The molecular weight excluding hydrogens is 300 g/mol. The van der Waals surface area contributed by atoms with Gasteiger partial charge in [-0.25, -0.2) is 0 Å². The Morgan fingerprint density at radius 1 is 1.08 bits per heavy atom. The quantitative estimate of drug-likeness (QED) is 0.232. The minimum absolute atomic E-state index is 0.607. The molecule has 0 aromatic carbocycles. The zero-order valence-electron chi connectivity index (χ0n) is 17.8. The van der Waals surface area contributed by atoms with Crippen molar-refractivity contribution in [3.8, 4) is 0 Å². The molecule has 0 saturated heterocycles. The molecule has 0 bridgehead atoms. The fourth-order valence-electron chi connectivity index (χ4n) is 3.21. The van der Waals surface area contributed by atoms with E-state index in [2.05, 4.69) is 85.1 Å². The first-order chi connectivity index (χ1) is 11.8. The molecule has 3 unspecified atom stereocenters. The molecule has 0 N–H and O–H groups in total. The van der Waals surface area contributed by atoms with Gasteiger partial charge in [-0.1, -0.05) is 67.5 Å². The predicted molar refractivity (Wildman–Crippen MR) is 117 cm³/mol. The van der Waals surface area contributed by atoms with Gasteiger partial charge < -0.3 is 0 Å². The molecule has 0 nitrogen and oxygen atoms in total. The summed E-state index contributed by atoms with van der Waals surface area (Å²) in [4.78, 5) is 0. The van der Waals surface area contributed by atoms with Crippen molar-refractivity contribution in [3.63, 3.8) is 0 Å². The summed E-state index contributed by atoms with van der Waals surface area (Å²) in [6.45, 7) is 21.5. The van der Waals surface area contributed by atoms with Crippen LogP contribution >= 0.6 is 0 Å². The Labute approximate surface area is 158 Å². The third kappa shape index (κ3) is 12.7. The highest BCUT2D eigenvalue weighted by Crippen LogP contribution is 2.30. The van der Waals surface area contributed by atoms with Crippen LogP contribution < -0.4 is 0 Å². The zero-order valence-corrected chi connectivity index (χ0v) is 17.8. The van der Waals surface area contributed by atoms with Gasteiger partial charge in [-0.3, -0.25) is 0 Å². The van der Waals surface area contributed by atoms with Gasteiger partial charge in [0, 0.05) is 0 Å². The second-order valence-electron chi connectivity index (χ2n) is 8.01. The molecule has 0 aromatic rings. The summed E-state index contributed by atoms with van der Waals surface area (Å²) >= 11 is 0. The van der Waals surface area contributed by atoms with Gasteiger partial charge in [-0.2, -0.15) is 0 Å². The lowest BCUT2D eigenvalue weighted by molar-refractivity contribution is 0.318. The Balaban J connectivity index is 4.83. The minimum Gasteiger partial charge on any atom is -0.103 e. The second kappa shape index (κ2) is 13.9. The van der Waals surface area contributed by atoms with Crippen molar-refractivity contribution in [3.05, 3.63) is 60.3 Å². The molecule has 0 rings (SSSR count). The predicted octanol–water partition coefficient (Wildman–Crippen LogP) is 8.45. The molecule has 0 aromatic heterocycles. The molecule has 0 aliphatic carbocycles. The van der Waals surface area contributed by atoms with Crippen LogP contribution in [0.15, 0.2) is 60.3 Å². The fourth-order valence-corrected chi connectivity index (χ4v) is 3.21. The lowest BCUT2D eigenvalue weighted by Crippen LogP contribution is -2.13. The van der Waals surface area contributed by atoms with Crippen molar-refractivity contribution in [2.45, 2.75) is 80.1 Å². The molecule has 3 atom stereocenters. The molecule has 0 saturated carbocycles. The van der Waals surface area contributed by atoms with Crippen LogP contribution in [0.2, 0.25) is 0 Å². The maximum absolute atomic E-state index is 4.26. The molecular formula is C25H42. The van der Waals surface area contributed by atoms with E-state index in [-0.39, 0.29) is 0 Å². The summed E-state index contributed by atoms with van der Waals surface area (Å²) in [5.74, 6) is 2.00. The maximum Gasteiger partial charge on any atom is -0.0256 e. The van der Waals surface area contributed by atoms with Crippen LogP contribution in [0.1, 0.15) is 80.1 Å². The zero-order chi connectivity index (χ0) is 19.2. The summed E-state index contributed by atoms with van der Waals surface area (Å²) in [7, 11) is 0. The van der Waals surface area contributed by atoms with E-state index in [0.29, 0.717) is 11.8 Å². The summed E-state index contributed by atoms with van der Waals surface area (Å²) in [5.41, 5.74) is 4.13. The van der Waals surface area contributed by atoms with E-state index in [9.17, 15) is 0 Å². The molecule has 0 heterocycles. The van der Waals surface area contributed by atoms with Gasteiger partial charge in [0.2, 0.25) is 0 Å². The van der Waals surface area contributed by atoms with E-state index in [1.807, 2.05) is 0 Å². The smallest absolute Gasteiger partial charge is 0.0256 e. The van der Waals surface area contributed by atoms with Crippen LogP contribution in [0, 0.1) is 17.8 Å². The Kier molecular flexibility index (Phi) is 13.2. The van der Waals surface area contributed by atoms with Crippen molar-refractivity contribution in [2.24, 2.45) is 17.8 Å². The molecule has 0 fully saturated rings. The van der Waals surface area contributed by atoms with Crippen molar-refractivity contribution < 1.29 is 0 Å². The fraction of sp³-hybridized carbons (Fsp3) is 0.600. The number of hydrogen-bond donors (Lipinski definition) is 0. The molecule has 25 heavy (non-hydrogen) atoms. The summed E-state index contributed by atoms with van der Waals surface area (Å²) < 4.78 is 0. The van der Waals surface area contributed by atoms with Crippen molar-refractivity contribution in [2.75, 3.05) is 0 Å². The molecule has 0 aliphatic heterocycles. The lowest BCUT2D eigenvalue weighted by atomic mass is 9.81. The largest absolute Gasteiger partial charge is 0.103 e. The maximum atomic E-state index is 4.26. The average Bonchev–Trinajstić information content (AvgIpc) is 2.53. The third-order valence-electron chi connectivity index (χ3n) is 4.99. The number of allylic oxidation sites excluding steroid dienone is 8. The van der Waals surface area contributed by atoms with Crippen LogP contribution in [0.5, 0.6) is 0 Å². The molecule has 0 aliphatic rings. The van der Waals surface area contributed by atoms with Gasteiger partial charge in [0.05, 0.1) is 0 Å². The van der Waals surface area contributed by atoms with Gasteiger partial charge in [0.1, 0.15) is 0 Å². The molecule has 0 radical (unpaired) electrons. The Hall–Kier alpha value is -1.30. The van der Waals surface area contributed by atoms with Crippen molar-refractivity contribution in [1.82, 2.24) is 0 Å². The van der Waals surface area contributed by atoms with Gasteiger partial charge >= 0.3 is 0 Å². The monoisotopic (exact) mass is 342 g/mol. The standard InChI is InChI=1S/C25H42/c1-9-11-12-13-22(6)15-17-25(16-14-21(5)10-2)24(8)19-23(7)18-20(3)4/h9-11,15,18,21,24-25H,2,7,12-14,16-17,19H2,1,3-6,8H3/b11-9+,22-15+. The van der Waals surface area contributed by atoms with E-state index >= 15 is 0 Å². The topological polar surface area (TPSA) is 0 Å².